The van der Waals surface area contributed by atoms with E-state index < -0.39 is 65.9 Å². The number of aliphatic hydroxyl groups is 1. The van der Waals surface area contributed by atoms with E-state index in [-0.39, 0.29) is 31.1 Å². The fourth-order valence-corrected chi connectivity index (χ4v) is 6.85. The number of aromatic nitrogens is 1. The Hall–Kier alpha value is -4.95. The molecule has 1 aliphatic heterocycles. The van der Waals surface area contributed by atoms with Gasteiger partial charge in [-0.3, -0.25) is 19.2 Å². The van der Waals surface area contributed by atoms with Gasteiger partial charge in [-0.25, -0.2) is 4.79 Å². The Morgan fingerprint density at radius 3 is 2.28 bits per heavy atom. The van der Waals surface area contributed by atoms with E-state index in [1.165, 1.54) is 17.0 Å². The maximum atomic E-state index is 14.0. The third kappa shape index (κ3) is 11.5. The third-order valence-corrected chi connectivity index (χ3v) is 10.0. The molecule has 0 aliphatic carbocycles. The van der Waals surface area contributed by atoms with Gasteiger partial charge in [-0.2, -0.15) is 0 Å². The molecular weight excluding hydrogens is 692 g/mol. The molecule has 9 N–H and O–H groups in total. The van der Waals surface area contributed by atoms with Gasteiger partial charge in [-0.1, -0.05) is 83.2 Å². The highest BCUT2D eigenvalue weighted by Gasteiger charge is 2.40. The van der Waals surface area contributed by atoms with Crippen molar-refractivity contribution >= 4 is 40.5 Å². The molecule has 1 aliphatic rings. The van der Waals surface area contributed by atoms with Crippen molar-refractivity contribution in [3.63, 3.8) is 0 Å². The lowest BCUT2D eigenvalue weighted by atomic mass is 9.99. The molecule has 1 saturated heterocycles. The number of aliphatic hydroxyl groups excluding tert-OH is 1. The summed E-state index contributed by atoms with van der Waals surface area (Å²) < 4.78 is 0. The van der Waals surface area contributed by atoms with Gasteiger partial charge >= 0.3 is 5.97 Å². The molecule has 4 rings (SSSR count). The van der Waals surface area contributed by atoms with Crippen molar-refractivity contribution in [3.8, 4) is 5.75 Å². The zero-order valence-electron chi connectivity index (χ0n) is 31.4. The number of carbonyl (C=O) groups is 5. The molecule has 2 aromatic carbocycles. The fourth-order valence-electron chi connectivity index (χ4n) is 6.85. The summed E-state index contributed by atoms with van der Waals surface area (Å²) in [6.07, 6.45) is 4.65. The first-order valence-electron chi connectivity index (χ1n) is 19.0. The Morgan fingerprint density at radius 1 is 0.907 bits per heavy atom. The number of para-hydroxylation sites is 1. The number of hydrogen-bond acceptors (Lipinski definition) is 8. The van der Waals surface area contributed by atoms with Gasteiger partial charge in [0.05, 0.1) is 0 Å². The van der Waals surface area contributed by atoms with E-state index in [1.807, 2.05) is 30.3 Å². The van der Waals surface area contributed by atoms with Crippen molar-refractivity contribution in [1.82, 2.24) is 25.8 Å². The van der Waals surface area contributed by atoms with Crippen LogP contribution in [0.4, 0.5) is 0 Å². The maximum Gasteiger partial charge on any atom is 0.326 e. The van der Waals surface area contributed by atoms with Crippen LogP contribution in [0, 0.1) is 5.92 Å². The molecule has 0 spiro atoms. The number of nitrogens with two attached hydrogens (primary N) is 1. The van der Waals surface area contributed by atoms with Gasteiger partial charge < -0.3 is 46.9 Å². The number of benzene rings is 2. The first-order valence-corrected chi connectivity index (χ1v) is 19.0. The van der Waals surface area contributed by atoms with Crippen LogP contribution >= 0.6 is 0 Å². The summed E-state index contributed by atoms with van der Waals surface area (Å²) in [6, 6.07) is 9.98. The number of amides is 4. The summed E-state index contributed by atoms with van der Waals surface area (Å²) in [6.45, 7) is 5.85. The number of unbranched alkanes of at least 4 members (excludes halogenated alkanes) is 4. The van der Waals surface area contributed by atoms with E-state index in [0.29, 0.717) is 30.5 Å². The molecule has 0 radical (unpaired) electrons. The second-order valence-corrected chi connectivity index (χ2v) is 14.6. The summed E-state index contributed by atoms with van der Waals surface area (Å²) in [4.78, 5) is 71.6. The molecule has 4 amide bonds. The minimum Gasteiger partial charge on any atom is -0.508 e. The summed E-state index contributed by atoms with van der Waals surface area (Å²) >= 11 is 0. The zero-order chi connectivity index (χ0) is 39.4. The number of carboxylic acid groups (broad SMARTS) is 1. The Balaban J connectivity index is 1.46. The van der Waals surface area contributed by atoms with Gasteiger partial charge in [-0.05, 0) is 60.4 Å². The van der Waals surface area contributed by atoms with Crippen molar-refractivity contribution in [2.24, 2.45) is 11.7 Å². The normalized spacial score (nSPS) is 17.1. The Morgan fingerprint density at radius 2 is 1.61 bits per heavy atom. The van der Waals surface area contributed by atoms with Crippen molar-refractivity contribution < 1.29 is 39.3 Å². The van der Waals surface area contributed by atoms with E-state index in [9.17, 15) is 39.3 Å². The van der Waals surface area contributed by atoms with Crippen molar-refractivity contribution in [1.29, 1.82) is 0 Å². The van der Waals surface area contributed by atoms with Crippen LogP contribution in [-0.2, 0) is 36.8 Å². The van der Waals surface area contributed by atoms with E-state index in [1.54, 1.807) is 26.0 Å². The average Bonchev–Trinajstić information content (AvgIpc) is 3.80. The largest absolute Gasteiger partial charge is 0.508 e. The summed E-state index contributed by atoms with van der Waals surface area (Å²) in [5.41, 5.74) is 8.16. The first kappa shape index (κ1) is 41.8. The fraction of sp³-hybridized carbons (Fsp3) is 0.525. The second-order valence-electron chi connectivity index (χ2n) is 14.6. The first-order chi connectivity index (χ1) is 25.8. The molecule has 54 heavy (non-hydrogen) atoms. The van der Waals surface area contributed by atoms with Crippen LogP contribution < -0.4 is 21.7 Å². The van der Waals surface area contributed by atoms with Crippen molar-refractivity contribution in [2.75, 3.05) is 6.54 Å². The van der Waals surface area contributed by atoms with Gasteiger partial charge in [0.1, 0.15) is 36.0 Å². The number of likely N-dealkylation sites (tertiary alicyclic amines) is 1. The van der Waals surface area contributed by atoms with Crippen LogP contribution in [0.25, 0.3) is 10.9 Å². The van der Waals surface area contributed by atoms with E-state index in [4.69, 9.17) is 5.73 Å². The lowest BCUT2D eigenvalue weighted by molar-refractivity contribution is -0.144. The minimum atomic E-state index is -1.51. The van der Waals surface area contributed by atoms with Crippen LogP contribution in [0.3, 0.4) is 0 Å². The number of aliphatic carboxylic acids is 1. The van der Waals surface area contributed by atoms with Gasteiger partial charge in [0.15, 0.2) is 0 Å². The number of phenols is 1. The maximum absolute atomic E-state index is 14.0. The summed E-state index contributed by atoms with van der Waals surface area (Å²) in [5, 5.41) is 39.4. The number of rotatable bonds is 20. The number of H-pyrrole nitrogens is 1. The summed E-state index contributed by atoms with van der Waals surface area (Å²) in [5.74, 6) is -4.24. The van der Waals surface area contributed by atoms with Gasteiger partial charge in [0, 0.05) is 36.6 Å². The van der Waals surface area contributed by atoms with Crippen LogP contribution in [0.5, 0.6) is 5.75 Å². The van der Waals surface area contributed by atoms with Crippen LogP contribution in [-0.4, -0.2) is 97.7 Å². The topological polar surface area (TPSA) is 227 Å². The van der Waals surface area contributed by atoms with Crippen LogP contribution in [0.1, 0.15) is 83.4 Å². The SMILES string of the molecule is CCCCCCCC(N)C(O)C(=O)NC(C(=O)N1CCCC1C(=O)NC(Cc1ccc(O)cc1)C(=O)NC(Cc1cc2ccccc2[nH]1)C(=O)O)C(C)C. The number of aromatic hydroxyl groups is 1. The molecule has 6 unspecified atom stereocenters. The molecule has 1 aromatic heterocycles. The highest BCUT2D eigenvalue weighted by Crippen LogP contribution is 2.22. The third-order valence-electron chi connectivity index (χ3n) is 10.0. The molecule has 2 heterocycles. The number of phenolic OH excluding ortho intramolecular Hbond substituents is 1. The number of carboxylic acids is 1. The number of nitrogens with one attached hydrogen (secondary N) is 4. The Kier molecular flexibility index (Phi) is 15.4. The lowest BCUT2D eigenvalue weighted by Gasteiger charge is -2.32. The van der Waals surface area contributed by atoms with Gasteiger partial charge in [0.2, 0.25) is 17.7 Å². The molecule has 0 saturated carbocycles. The Bertz CT molecular complexity index is 1690. The standard InChI is InChI=1S/C40H56N6O8/c1-4-5-6-7-8-13-29(41)35(48)38(51)45-34(24(2)3)39(52)46-20-11-15-33(46)37(50)43-31(21-25-16-18-28(47)19-17-25)36(49)44-32(40(53)54)23-27-22-26-12-9-10-14-30(26)42-27/h9-10,12,14,16-19,22,24,29,31-35,42,47-48H,4-8,11,13,15,20-21,23,41H2,1-3H3,(H,43,50)(H,44,49)(H,45,51)(H,53,54). The highest BCUT2D eigenvalue weighted by molar-refractivity contribution is 5.96. The molecule has 1 fully saturated rings. The van der Waals surface area contributed by atoms with Crippen molar-refractivity contribution in [2.45, 2.75) is 121 Å². The second kappa shape index (κ2) is 19.9. The molecular formula is C40H56N6O8. The van der Waals surface area contributed by atoms with E-state index >= 15 is 0 Å². The monoisotopic (exact) mass is 748 g/mol. The number of nitrogens with zero attached hydrogens (tertiary/aromatic N) is 1. The number of aromatic amines is 1. The quantitative estimate of drug-likeness (QED) is 0.0794. The van der Waals surface area contributed by atoms with Gasteiger partial charge in [-0.15, -0.1) is 0 Å². The highest BCUT2D eigenvalue weighted by atomic mass is 16.4. The van der Waals surface area contributed by atoms with Crippen LogP contribution in [0.2, 0.25) is 0 Å². The molecule has 6 atom stereocenters. The number of fused-ring (bicyclic) bond motifs is 1. The molecule has 14 nitrogen and oxygen atoms in total. The number of hydrogen-bond donors (Lipinski definition) is 8. The van der Waals surface area contributed by atoms with Gasteiger partial charge in [0.25, 0.3) is 5.91 Å². The lowest BCUT2D eigenvalue weighted by Crippen LogP contribution is -2.59. The minimum absolute atomic E-state index is 0.0110. The smallest absolute Gasteiger partial charge is 0.326 e. The average molecular weight is 749 g/mol. The van der Waals surface area contributed by atoms with Crippen LogP contribution in [0.15, 0.2) is 54.6 Å². The molecule has 294 valence electrons. The predicted molar refractivity (Wildman–Crippen MR) is 204 cm³/mol. The predicted octanol–water partition coefficient (Wildman–Crippen LogP) is 2.89. The number of carbonyl (C=O) groups excluding carboxylic acids is 4. The van der Waals surface area contributed by atoms with Crippen molar-refractivity contribution in [3.05, 3.63) is 65.9 Å². The Labute approximate surface area is 316 Å². The molecule has 3 aromatic rings. The molecule has 14 heteroatoms. The zero-order valence-corrected chi connectivity index (χ0v) is 31.4. The molecule has 0 bridgehead atoms. The van der Waals surface area contributed by atoms with E-state index in [2.05, 4.69) is 27.9 Å². The summed E-state index contributed by atoms with van der Waals surface area (Å²) in [7, 11) is 0. The van der Waals surface area contributed by atoms with E-state index in [0.717, 1.165) is 43.0 Å².